The third kappa shape index (κ3) is 6.90. The molecule has 0 unspecified atom stereocenters. The van der Waals surface area contributed by atoms with Crippen molar-refractivity contribution >= 4 is 77.5 Å². The third-order valence-electron chi connectivity index (χ3n) is 3.88. The highest BCUT2D eigenvalue weighted by atomic mass is 79.9. The van der Waals surface area contributed by atoms with E-state index in [-0.39, 0.29) is 12.2 Å². The number of carbonyl (C=O) groups excluding carboxylic acids is 2. The number of rotatable bonds is 7. The fourth-order valence-electron chi connectivity index (χ4n) is 2.46. The van der Waals surface area contributed by atoms with Gasteiger partial charge in [0.25, 0.3) is 5.91 Å². The summed E-state index contributed by atoms with van der Waals surface area (Å²) < 4.78 is 13.1. The van der Waals surface area contributed by atoms with E-state index in [0.717, 1.165) is 4.47 Å². The lowest BCUT2D eigenvalue weighted by atomic mass is 10.2. The van der Waals surface area contributed by atoms with Crippen molar-refractivity contribution in [2.24, 2.45) is 5.10 Å². The van der Waals surface area contributed by atoms with E-state index >= 15 is 0 Å². The molecular weight excluding hydrogens is 631 g/mol. The molecule has 0 aliphatic heterocycles. The molecule has 6 nitrogen and oxygen atoms in total. The highest BCUT2D eigenvalue weighted by Crippen LogP contribution is 2.36. The molecule has 3 rings (SSSR count). The van der Waals surface area contributed by atoms with Gasteiger partial charge in [0.2, 0.25) is 0 Å². The molecule has 3 aromatic rings. The summed E-state index contributed by atoms with van der Waals surface area (Å²) in [4.78, 5) is 24.3. The van der Waals surface area contributed by atoms with Gasteiger partial charge in [0, 0.05) is 4.47 Å². The van der Waals surface area contributed by atoms with E-state index < -0.39 is 11.9 Å². The lowest BCUT2D eigenvalue weighted by molar-refractivity contribution is -0.123. The largest absolute Gasteiger partial charge is 0.481 e. The zero-order chi connectivity index (χ0) is 23.1. The van der Waals surface area contributed by atoms with Crippen LogP contribution in [0.3, 0.4) is 0 Å². The molecule has 0 aliphatic carbocycles. The molecule has 3 aromatic carbocycles. The number of esters is 1. The first kappa shape index (κ1) is 24.4. The van der Waals surface area contributed by atoms with Gasteiger partial charge in [0.1, 0.15) is 11.5 Å². The molecule has 0 saturated heterocycles. The Hall–Kier alpha value is -2.20. The number of hydrazone groups is 1. The number of nitrogens with zero attached hydrogens (tertiary/aromatic N) is 1. The van der Waals surface area contributed by atoms with Crippen LogP contribution in [0, 0.1) is 0 Å². The molecule has 1 N–H and O–H groups in total. The minimum absolute atomic E-state index is 0.230. The van der Waals surface area contributed by atoms with Gasteiger partial charge in [-0.1, -0.05) is 51.8 Å². The van der Waals surface area contributed by atoms with Gasteiger partial charge in [-0.15, -0.1) is 0 Å². The summed E-state index contributed by atoms with van der Waals surface area (Å²) >= 11 is 16.2. The summed E-state index contributed by atoms with van der Waals surface area (Å²) in [5, 5.41) is 4.22. The topological polar surface area (TPSA) is 77.0 Å². The maximum absolute atomic E-state index is 12.3. The first-order valence-electron chi connectivity index (χ1n) is 8.99. The minimum Gasteiger partial charge on any atom is -0.481 e. The van der Waals surface area contributed by atoms with Gasteiger partial charge in [-0.2, -0.15) is 5.10 Å². The Bertz CT molecular complexity index is 1160. The van der Waals surface area contributed by atoms with Crippen LogP contribution >= 0.6 is 59.4 Å². The van der Waals surface area contributed by atoms with Crippen molar-refractivity contribution < 1.29 is 19.1 Å². The van der Waals surface area contributed by atoms with E-state index in [1.165, 1.54) is 6.21 Å². The molecule has 0 atom stereocenters. The Labute approximate surface area is 214 Å². The average molecular weight is 646 g/mol. The van der Waals surface area contributed by atoms with E-state index in [4.69, 9.17) is 21.1 Å². The van der Waals surface area contributed by atoms with Gasteiger partial charge in [0.05, 0.1) is 25.7 Å². The van der Waals surface area contributed by atoms with E-state index in [1.807, 2.05) is 12.1 Å². The van der Waals surface area contributed by atoms with Crippen LogP contribution in [-0.4, -0.2) is 24.7 Å². The third-order valence-corrected chi connectivity index (χ3v) is 5.84. The molecule has 0 spiro atoms. The number of ether oxygens (including phenoxy) is 2. The molecule has 0 fully saturated rings. The van der Waals surface area contributed by atoms with E-state index in [1.54, 1.807) is 48.5 Å². The molecule has 0 bridgehead atoms. The standard InChI is InChI=1S/C22H14Br3ClN2O4/c23-14-9-17(24)21(18(25)10-14)31-12-20(29)28-27-11-13-4-3-5-15(8-13)32-22(30)16-6-1-2-7-19(16)26/h1-11H,12H2,(H,28,29)/b27-11-. The molecule has 10 heteroatoms. The quantitative estimate of drug-likeness (QED) is 0.140. The van der Waals surface area contributed by atoms with Crippen LogP contribution in [0.1, 0.15) is 15.9 Å². The van der Waals surface area contributed by atoms with Crippen LogP contribution in [-0.2, 0) is 4.79 Å². The summed E-state index contributed by atoms with van der Waals surface area (Å²) in [7, 11) is 0. The van der Waals surface area contributed by atoms with Crippen LogP contribution in [0.4, 0.5) is 0 Å². The number of hydrogen-bond acceptors (Lipinski definition) is 5. The maximum atomic E-state index is 12.3. The SMILES string of the molecule is O=C(COc1c(Br)cc(Br)cc1Br)N/N=C\c1cccc(OC(=O)c2ccccc2Cl)c1. The monoisotopic (exact) mass is 642 g/mol. The number of amides is 1. The van der Waals surface area contributed by atoms with Crippen molar-refractivity contribution in [3.05, 3.63) is 90.2 Å². The Morgan fingerprint density at radius 2 is 1.72 bits per heavy atom. The predicted octanol–water partition coefficient (Wildman–Crippen LogP) is 6.38. The summed E-state index contributed by atoms with van der Waals surface area (Å²) in [6.07, 6.45) is 1.43. The number of nitrogens with one attached hydrogen (secondary N) is 1. The van der Waals surface area contributed by atoms with Crippen molar-refractivity contribution in [3.8, 4) is 11.5 Å². The Kier molecular flexibility index (Phi) is 8.86. The zero-order valence-corrected chi connectivity index (χ0v) is 21.7. The molecule has 0 heterocycles. The van der Waals surface area contributed by atoms with Crippen molar-refractivity contribution in [2.75, 3.05) is 6.61 Å². The highest BCUT2D eigenvalue weighted by molar-refractivity contribution is 9.11. The van der Waals surface area contributed by atoms with Gasteiger partial charge in [-0.05, 0) is 73.8 Å². The van der Waals surface area contributed by atoms with E-state index in [9.17, 15) is 9.59 Å². The molecule has 32 heavy (non-hydrogen) atoms. The van der Waals surface area contributed by atoms with Crippen molar-refractivity contribution in [2.45, 2.75) is 0 Å². The fourth-order valence-corrected chi connectivity index (χ4v) is 5.16. The van der Waals surface area contributed by atoms with Crippen molar-refractivity contribution in [3.63, 3.8) is 0 Å². The van der Waals surface area contributed by atoms with Gasteiger partial charge in [-0.25, -0.2) is 10.2 Å². The van der Waals surface area contributed by atoms with Crippen LogP contribution in [0.2, 0.25) is 5.02 Å². The van der Waals surface area contributed by atoms with Crippen molar-refractivity contribution in [1.82, 2.24) is 5.43 Å². The van der Waals surface area contributed by atoms with Gasteiger partial charge in [0.15, 0.2) is 6.61 Å². The molecule has 0 aliphatic rings. The van der Waals surface area contributed by atoms with Crippen LogP contribution in [0.5, 0.6) is 11.5 Å². The Morgan fingerprint density at radius 1 is 1.00 bits per heavy atom. The molecule has 1 amide bonds. The summed E-state index contributed by atoms with van der Waals surface area (Å²) in [6, 6.07) is 16.9. The van der Waals surface area contributed by atoms with Gasteiger partial charge in [-0.3, -0.25) is 4.79 Å². The predicted molar refractivity (Wildman–Crippen MR) is 134 cm³/mol. The Balaban J connectivity index is 1.55. The molecular formula is C22H14Br3ClN2O4. The normalized spacial score (nSPS) is 10.8. The maximum Gasteiger partial charge on any atom is 0.345 e. The molecule has 0 aromatic heterocycles. The molecule has 164 valence electrons. The van der Waals surface area contributed by atoms with E-state index in [0.29, 0.717) is 31.0 Å². The highest BCUT2D eigenvalue weighted by Gasteiger charge is 2.12. The average Bonchev–Trinajstić information content (AvgIpc) is 2.73. The fraction of sp³-hybridized carbons (Fsp3) is 0.0455. The summed E-state index contributed by atoms with van der Waals surface area (Å²) in [5.41, 5.74) is 3.27. The van der Waals surface area contributed by atoms with Gasteiger partial charge < -0.3 is 9.47 Å². The summed E-state index contributed by atoms with van der Waals surface area (Å²) in [6.45, 7) is -0.230. The molecule has 0 saturated carbocycles. The van der Waals surface area contributed by atoms with Crippen molar-refractivity contribution in [1.29, 1.82) is 0 Å². The number of hydrogen-bond donors (Lipinski definition) is 1. The second kappa shape index (κ2) is 11.6. The lowest BCUT2D eigenvalue weighted by Gasteiger charge is -2.10. The van der Waals surface area contributed by atoms with E-state index in [2.05, 4.69) is 58.3 Å². The second-order valence-electron chi connectivity index (χ2n) is 6.22. The van der Waals surface area contributed by atoms with Crippen LogP contribution in [0.15, 0.2) is 79.2 Å². The Morgan fingerprint density at radius 3 is 2.44 bits per heavy atom. The molecule has 0 radical (unpaired) electrons. The first-order chi connectivity index (χ1) is 15.3. The summed E-state index contributed by atoms with van der Waals surface area (Å²) in [5.74, 6) is -0.191. The minimum atomic E-state index is -0.569. The number of halogens is 4. The number of carbonyl (C=O) groups is 2. The van der Waals surface area contributed by atoms with Crippen LogP contribution < -0.4 is 14.9 Å². The second-order valence-corrected chi connectivity index (χ2v) is 9.25. The zero-order valence-electron chi connectivity index (χ0n) is 16.2. The number of benzene rings is 3. The van der Waals surface area contributed by atoms with Crippen LogP contribution in [0.25, 0.3) is 0 Å². The first-order valence-corrected chi connectivity index (χ1v) is 11.7. The smallest absolute Gasteiger partial charge is 0.345 e. The van der Waals surface area contributed by atoms with Gasteiger partial charge >= 0.3 is 5.97 Å². The lowest BCUT2D eigenvalue weighted by Crippen LogP contribution is -2.24.